The molecular weight excluding hydrogens is 519 g/mol. The molecule has 0 spiro atoms. The highest BCUT2D eigenvalue weighted by atomic mass is 19.1. The van der Waals surface area contributed by atoms with Crippen LogP contribution in [-0.4, -0.2) is 80.2 Å². The summed E-state index contributed by atoms with van der Waals surface area (Å²) in [6.07, 6.45) is 0.349. The third kappa shape index (κ3) is 6.33. The molecule has 0 aromatic heterocycles. The third-order valence-electron chi connectivity index (χ3n) is 6.88. The van der Waals surface area contributed by atoms with Gasteiger partial charge in [0.1, 0.15) is 5.76 Å². The molecule has 10 heteroatoms. The topological polar surface area (TPSA) is 97.8 Å². The molecule has 2 aromatic rings. The predicted octanol–water partition coefficient (Wildman–Crippen LogP) is 4.79. The molecule has 0 unspecified atom stereocenters. The summed E-state index contributed by atoms with van der Waals surface area (Å²) in [5.41, 5.74) is 0.365. The van der Waals surface area contributed by atoms with Gasteiger partial charge in [-0.15, -0.1) is 0 Å². The van der Waals surface area contributed by atoms with Crippen LogP contribution in [0.2, 0.25) is 0 Å². The van der Waals surface area contributed by atoms with Crippen molar-refractivity contribution in [3.63, 3.8) is 0 Å². The molecule has 0 bridgehead atoms. The normalized spacial score (nSPS) is 16.6. The molecule has 1 heterocycles. The SMILES string of the molecule is CCN(CC)CCCN1C(=O)C(=O)C(=C(O)c2ccc(OC(C)C)c(F)c2)[C@@H]1c1cc(OC)c(OC)c(OC)c1. The number of ketones is 1. The van der Waals surface area contributed by atoms with E-state index in [-0.39, 0.29) is 29.5 Å². The maximum absolute atomic E-state index is 14.8. The molecule has 0 radical (unpaired) electrons. The molecule has 218 valence electrons. The van der Waals surface area contributed by atoms with Crippen LogP contribution in [0.1, 0.15) is 51.3 Å². The number of hydrogen-bond donors (Lipinski definition) is 1. The van der Waals surface area contributed by atoms with Crippen LogP contribution < -0.4 is 18.9 Å². The second kappa shape index (κ2) is 13.5. The molecule has 2 aromatic carbocycles. The van der Waals surface area contributed by atoms with E-state index in [0.717, 1.165) is 25.7 Å². The lowest BCUT2D eigenvalue weighted by Crippen LogP contribution is -2.33. The first-order valence-corrected chi connectivity index (χ1v) is 13.4. The average molecular weight is 559 g/mol. The van der Waals surface area contributed by atoms with E-state index < -0.39 is 29.3 Å². The largest absolute Gasteiger partial charge is 0.507 e. The fourth-order valence-electron chi connectivity index (χ4n) is 4.87. The molecule has 1 amide bonds. The van der Waals surface area contributed by atoms with Gasteiger partial charge in [0.15, 0.2) is 23.1 Å². The van der Waals surface area contributed by atoms with Crippen LogP contribution in [-0.2, 0) is 9.59 Å². The van der Waals surface area contributed by atoms with E-state index in [1.54, 1.807) is 26.0 Å². The first-order valence-electron chi connectivity index (χ1n) is 13.4. The summed E-state index contributed by atoms with van der Waals surface area (Å²) in [6, 6.07) is 6.24. The Bertz CT molecular complexity index is 1230. The number of nitrogens with zero attached hydrogens (tertiary/aromatic N) is 2. The summed E-state index contributed by atoms with van der Waals surface area (Å²) in [4.78, 5) is 30.4. The number of hydrogen-bond acceptors (Lipinski definition) is 8. The Morgan fingerprint density at radius 3 is 2.12 bits per heavy atom. The van der Waals surface area contributed by atoms with Gasteiger partial charge in [-0.25, -0.2) is 4.39 Å². The molecule has 1 fully saturated rings. The summed E-state index contributed by atoms with van der Waals surface area (Å²) < 4.78 is 36.8. The van der Waals surface area contributed by atoms with Crippen molar-refractivity contribution in [3.8, 4) is 23.0 Å². The fraction of sp³-hybridized carbons (Fsp3) is 0.467. The maximum atomic E-state index is 14.8. The molecular formula is C30H39FN2O7. The Morgan fingerprint density at radius 1 is 1.00 bits per heavy atom. The minimum Gasteiger partial charge on any atom is -0.507 e. The summed E-state index contributed by atoms with van der Waals surface area (Å²) in [7, 11) is 4.40. The third-order valence-corrected chi connectivity index (χ3v) is 6.88. The highest BCUT2D eigenvalue weighted by molar-refractivity contribution is 6.46. The van der Waals surface area contributed by atoms with Gasteiger partial charge in [-0.05, 0) is 75.8 Å². The summed E-state index contributed by atoms with van der Waals surface area (Å²) in [5, 5.41) is 11.4. The molecule has 0 saturated carbocycles. The van der Waals surface area contributed by atoms with E-state index in [1.165, 1.54) is 38.4 Å². The number of aliphatic hydroxyl groups is 1. The number of amides is 1. The zero-order valence-electron chi connectivity index (χ0n) is 24.2. The molecule has 40 heavy (non-hydrogen) atoms. The van der Waals surface area contributed by atoms with E-state index in [0.29, 0.717) is 29.2 Å². The molecule has 0 aliphatic carbocycles. The second-order valence-corrected chi connectivity index (χ2v) is 9.64. The Labute approximate surface area is 235 Å². The van der Waals surface area contributed by atoms with Gasteiger partial charge in [-0.2, -0.15) is 0 Å². The van der Waals surface area contributed by atoms with Gasteiger partial charge >= 0.3 is 0 Å². The number of Topliss-reactive ketones (excluding diaryl/α,β-unsaturated/α-hetero) is 1. The van der Waals surface area contributed by atoms with Gasteiger partial charge in [0, 0.05) is 12.1 Å². The number of ether oxygens (including phenoxy) is 4. The van der Waals surface area contributed by atoms with Crippen molar-refractivity contribution < 1.29 is 38.0 Å². The van der Waals surface area contributed by atoms with Gasteiger partial charge < -0.3 is 33.9 Å². The Balaban J connectivity index is 2.17. The summed E-state index contributed by atoms with van der Waals surface area (Å²) >= 11 is 0. The van der Waals surface area contributed by atoms with Gasteiger partial charge in [0.2, 0.25) is 5.75 Å². The number of halogens is 1. The van der Waals surface area contributed by atoms with Crippen LogP contribution in [0.3, 0.4) is 0 Å². The summed E-state index contributed by atoms with van der Waals surface area (Å²) in [5.74, 6) is -1.78. The maximum Gasteiger partial charge on any atom is 0.295 e. The van der Waals surface area contributed by atoms with Crippen LogP contribution in [0.15, 0.2) is 35.9 Å². The molecule has 1 atom stereocenters. The van der Waals surface area contributed by atoms with Gasteiger partial charge in [0.25, 0.3) is 11.7 Å². The lowest BCUT2D eigenvalue weighted by Gasteiger charge is -2.27. The van der Waals surface area contributed by atoms with Crippen LogP contribution in [0.5, 0.6) is 23.0 Å². The lowest BCUT2D eigenvalue weighted by molar-refractivity contribution is -0.140. The van der Waals surface area contributed by atoms with Crippen molar-refractivity contribution in [3.05, 3.63) is 52.8 Å². The highest BCUT2D eigenvalue weighted by Crippen LogP contribution is 2.46. The van der Waals surface area contributed by atoms with Crippen molar-refractivity contribution in [2.24, 2.45) is 0 Å². The average Bonchev–Trinajstić information content (AvgIpc) is 3.19. The minimum atomic E-state index is -0.972. The molecule has 1 N–H and O–H groups in total. The van der Waals surface area contributed by atoms with E-state index in [4.69, 9.17) is 18.9 Å². The Morgan fingerprint density at radius 2 is 1.62 bits per heavy atom. The predicted molar refractivity (Wildman–Crippen MR) is 150 cm³/mol. The number of benzene rings is 2. The zero-order chi connectivity index (χ0) is 29.6. The quantitative estimate of drug-likeness (QED) is 0.213. The number of methoxy groups -OCH3 is 3. The van der Waals surface area contributed by atoms with E-state index in [2.05, 4.69) is 18.7 Å². The minimum absolute atomic E-state index is 0.0181. The number of carbonyl (C=O) groups is 2. The zero-order valence-corrected chi connectivity index (χ0v) is 24.2. The van der Waals surface area contributed by atoms with Crippen LogP contribution in [0.25, 0.3) is 5.76 Å². The second-order valence-electron chi connectivity index (χ2n) is 9.64. The van der Waals surface area contributed by atoms with Crippen molar-refractivity contribution in [2.45, 2.75) is 46.3 Å². The van der Waals surface area contributed by atoms with Crippen molar-refractivity contribution in [1.82, 2.24) is 9.80 Å². The van der Waals surface area contributed by atoms with Crippen LogP contribution in [0, 0.1) is 5.82 Å². The van der Waals surface area contributed by atoms with E-state index >= 15 is 0 Å². The molecule has 1 aliphatic heterocycles. The molecule has 3 rings (SSSR count). The molecule has 1 saturated heterocycles. The standard InChI is InChI=1S/C30H39FN2O7/c1-8-32(9-2)13-10-14-33-26(20-16-23(37-5)29(39-7)24(17-20)38-6)25(28(35)30(33)36)27(34)19-11-12-22(21(31)15-19)40-18(3)4/h11-12,15-18,26,34H,8-10,13-14H2,1-7H3/t26-/m0/s1. The number of likely N-dealkylation sites (tertiary alicyclic amines) is 1. The Hall–Kier alpha value is -3.79. The fourth-order valence-corrected chi connectivity index (χ4v) is 4.87. The van der Waals surface area contributed by atoms with Crippen molar-refractivity contribution in [2.75, 3.05) is 47.5 Å². The summed E-state index contributed by atoms with van der Waals surface area (Å²) in [6.45, 7) is 10.3. The smallest absolute Gasteiger partial charge is 0.295 e. The van der Waals surface area contributed by atoms with Crippen LogP contribution in [0.4, 0.5) is 4.39 Å². The first-order chi connectivity index (χ1) is 19.1. The van der Waals surface area contributed by atoms with Crippen molar-refractivity contribution >= 4 is 17.4 Å². The number of carbonyl (C=O) groups excluding carboxylic acids is 2. The number of aliphatic hydroxyl groups excluding tert-OH is 1. The Kier molecular flexibility index (Phi) is 10.4. The molecule has 9 nitrogen and oxygen atoms in total. The highest BCUT2D eigenvalue weighted by Gasteiger charge is 2.46. The van der Waals surface area contributed by atoms with Crippen LogP contribution >= 0.6 is 0 Å². The van der Waals surface area contributed by atoms with Crippen molar-refractivity contribution in [1.29, 1.82) is 0 Å². The first kappa shape index (κ1) is 30.7. The van der Waals surface area contributed by atoms with Gasteiger partial charge in [-0.1, -0.05) is 13.8 Å². The number of rotatable bonds is 13. The van der Waals surface area contributed by atoms with Gasteiger partial charge in [-0.3, -0.25) is 9.59 Å². The molecule has 1 aliphatic rings. The van der Waals surface area contributed by atoms with E-state index in [1.807, 2.05) is 0 Å². The van der Waals surface area contributed by atoms with E-state index in [9.17, 15) is 19.1 Å². The van der Waals surface area contributed by atoms with Gasteiger partial charge in [0.05, 0.1) is 39.0 Å². The monoisotopic (exact) mass is 558 g/mol. The lowest BCUT2D eigenvalue weighted by atomic mass is 9.94.